The summed E-state index contributed by atoms with van der Waals surface area (Å²) in [5.41, 5.74) is 2.27. The third kappa shape index (κ3) is 4.47. The Balaban J connectivity index is 1.95. The number of allylic oxidation sites excluding steroid dienone is 1. The second-order valence-electron chi connectivity index (χ2n) is 8.09. The molecule has 1 aromatic carbocycles. The van der Waals surface area contributed by atoms with E-state index in [9.17, 15) is 14.4 Å². The Morgan fingerprint density at radius 2 is 1.86 bits per heavy atom. The molecule has 3 aromatic rings. The van der Waals surface area contributed by atoms with E-state index in [0.717, 1.165) is 5.56 Å². The van der Waals surface area contributed by atoms with Crippen LogP contribution in [0, 0.1) is 6.92 Å². The fourth-order valence-corrected chi connectivity index (χ4v) is 4.05. The molecule has 1 aliphatic rings. The minimum atomic E-state index is -0.609. The van der Waals surface area contributed by atoms with E-state index in [0.29, 0.717) is 41.4 Å². The predicted molar refractivity (Wildman–Crippen MR) is 134 cm³/mol. The Labute approximate surface area is 203 Å². The molecule has 1 aliphatic heterocycles. The molecule has 0 saturated carbocycles. The number of benzene rings is 1. The number of carbonyl (C=O) groups excluding carboxylic acids is 2. The van der Waals surface area contributed by atoms with Gasteiger partial charge in [-0.25, -0.2) is 9.78 Å². The first kappa shape index (κ1) is 23.9. The van der Waals surface area contributed by atoms with Gasteiger partial charge in [-0.2, -0.15) is 0 Å². The van der Waals surface area contributed by atoms with E-state index in [2.05, 4.69) is 0 Å². The molecule has 0 unspecified atom stereocenters. The summed E-state index contributed by atoms with van der Waals surface area (Å²) in [6.45, 7) is 6.16. The molecule has 35 heavy (non-hydrogen) atoms. The Bertz CT molecular complexity index is 1420. The van der Waals surface area contributed by atoms with Crippen LogP contribution in [0.4, 0.5) is 5.82 Å². The van der Waals surface area contributed by atoms with Crippen molar-refractivity contribution in [3.8, 4) is 5.75 Å². The summed E-state index contributed by atoms with van der Waals surface area (Å²) < 4.78 is 11.9. The van der Waals surface area contributed by atoms with E-state index in [4.69, 9.17) is 14.5 Å². The molecule has 0 radical (unpaired) electrons. The highest BCUT2D eigenvalue weighted by Crippen LogP contribution is 2.34. The highest BCUT2D eigenvalue weighted by molar-refractivity contribution is 6.10. The average molecular weight is 474 g/mol. The number of methoxy groups -OCH3 is 1. The summed E-state index contributed by atoms with van der Waals surface area (Å²) in [5, 5.41) is 0. The topological polar surface area (TPSA) is 90.2 Å². The Morgan fingerprint density at radius 1 is 1.11 bits per heavy atom. The molecule has 0 spiro atoms. The minimum absolute atomic E-state index is 0.140. The van der Waals surface area contributed by atoms with Crippen molar-refractivity contribution >= 4 is 29.3 Å². The summed E-state index contributed by atoms with van der Waals surface area (Å²) in [5.74, 6) is 0.137. The van der Waals surface area contributed by atoms with E-state index in [1.54, 1.807) is 55.5 Å². The monoisotopic (exact) mass is 473 g/mol. The van der Waals surface area contributed by atoms with Crippen LogP contribution in [0.5, 0.6) is 5.75 Å². The number of esters is 1. The van der Waals surface area contributed by atoms with Gasteiger partial charge in [0, 0.05) is 24.4 Å². The molecule has 0 bridgehead atoms. The molecule has 2 aromatic heterocycles. The zero-order chi connectivity index (χ0) is 25.1. The van der Waals surface area contributed by atoms with E-state index < -0.39 is 5.97 Å². The number of hydrogen-bond donors (Lipinski definition) is 0. The van der Waals surface area contributed by atoms with Crippen molar-refractivity contribution in [3.05, 3.63) is 87.0 Å². The smallest absolute Gasteiger partial charge is 0.340 e. The van der Waals surface area contributed by atoms with Gasteiger partial charge in [-0.1, -0.05) is 13.0 Å². The van der Waals surface area contributed by atoms with Crippen LogP contribution in [0.15, 0.2) is 64.7 Å². The molecule has 0 saturated heterocycles. The maximum absolute atomic E-state index is 13.4. The van der Waals surface area contributed by atoms with E-state index >= 15 is 0 Å². The molecule has 8 heteroatoms. The van der Waals surface area contributed by atoms with E-state index in [1.807, 2.05) is 19.9 Å². The first-order chi connectivity index (χ1) is 16.9. The standard InChI is InChI=1S/C27H27N3O5/c1-5-13-29-22(16-23(31)18-9-11-19(34-4)12-10-18)20(27(33)35-6-2)15-21-25(29)28-24-17(3)8-7-14-30(24)26(21)32/h7-12,14-16H,5-6,13H2,1-4H3/b22-16-. The summed E-state index contributed by atoms with van der Waals surface area (Å²) >= 11 is 0. The highest BCUT2D eigenvalue weighted by Gasteiger charge is 2.32. The van der Waals surface area contributed by atoms with Crippen LogP contribution in [0.2, 0.25) is 0 Å². The fraction of sp³-hybridized carbons (Fsp3) is 0.259. The lowest BCUT2D eigenvalue weighted by molar-refractivity contribution is -0.138. The number of nitrogens with zero attached hydrogens (tertiary/aromatic N) is 3. The van der Waals surface area contributed by atoms with Crippen LogP contribution in [0.3, 0.4) is 0 Å². The van der Waals surface area contributed by atoms with Crippen LogP contribution >= 0.6 is 0 Å². The first-order valence-electron chi connectivity index (χ1n) is 11.5. The van der Waals surface area contributed by atoms with Crippen molar-refractivity contribution in [2.75, 3.05) is 25.2 Å². The minimum Gasteiger partial charge on any atom is -0.497 e. The zero-order valence-electron chi connectivity index (χ0n) is 20.2. The number of aryl methyl sites for hydroxylation is 1. The third-order valence-electron chi connectivity index (χ3n) is 5.76. The van der Waals surface area contributed by atoms with Gasteiger partial charge in [-0.15, -0.1) is 0 Å². The van der Waals surface area contributed by atoms with Crippen LogP contribution in [-0.4, -0.2) is 41.4 Å². The molecule has 180 valence electrons. The number of rotatable bonds is 7. The fourth-order valence-electron chi connectivity index (χ4n) is 4.05. The number of pyridine rings is 1. The Hall–Kier alpha value is -4.20. The van der Waals surface area contributed by atoms with Gasteiger partial charge >= 0.3 is 5.97 Å². The van der Waals surface area contributed by atoms with Crippen LogP contribution in [0.25, 0.3) is 11.7 Å². The maximum Gasteiger partial charge on any atom is 0.340 e. The predicted octanol–water partition coefficient (Wildman–Crippen LogP) is 3.95. The van der Waals surface area contributed by atoms with Gasteiger partial charge in [0.05, 0.1) is 30.6 Å². The Morgan fingerprint density at radius 3 is 2.51 bits per heavy atom. The molecule has 3 heterocycles. The molecule has 4 rings (SSSR count). The number of anilines is 1. The van der Waals surface area contributed by atoms with E-state index in [-0.39, 0.29) is 29.1 Å². The normalized spacial score (nSPS) is 14.0. The SMILES string of the molecule is CCCN1/C(=C\C(=O)c2ccc(OC)cc2)C(C(=O)OCC)=Cc2c1nc1c(C)cccn1c2=O. The molecule has 0 aliphatic carbocycles. The second kappa shape index (κ2) is 9.97. The summed E-state index contributed by atoms with van der Waals surface area (Å²) in [6, 6.07) is 10.4. The quantitative estimate of drug-likeness (QED) is 0.292. The van der Waals surface area contributed by atoms with Crippen molar-refractivity contribution in [1.82, 2.24) is 9.38 Å². The number of ketones is 1. The third-order valence-corrected chi connectivity index (χ3v) is 5.76. The zero-order valence-corrected chi connectivity index (χ0v) is 20.2. The van der Waals surface area contributed by atoms with Gasteiger partial charge in [-0.3, -0.25) is 14.0 Å². The van der Waals surface area contributed by atoms with Gasteiger partial charge in [0.15, 0.2) is 5.78 Å². The van der Waals surface area contributed by atoms with Crippen LogP contribution in [-0.2, 0) is 9.53 Å². The number of hydrogen-bond acceptors (Lipinski definition) is 7. The van der Waals surface area contributed by atoms with Crippen LogP contribution < -0.4 is 15.2 Å². The number of ether oxygens (including phenoxy) is 2. The summed E-state index contributed by atoms with van der Waals surface area (Å²) in [6.07, 6.45) is 5.23. The molecular weight excluding hydrogens is 446 g/mol. The van der Waals surface area contributed by atoms with Crippen molar-refractivity contribution in [1.29, 1.82) is 0 Å². The van der Waals surface area contributed by atoms with Crippen molar-refractivity contribution in [2.24, 2.45) is 0 Å². The van der Waals surface area contributed by atoms with Gasteiger partial charge in [0.25, 0.3) is 5.56 Å². The molecule has 0 amide bonds. The maximum atomic E-state index is 13.4. The van der Waals surface area contributed by atoms with Crippen molar-refractivity contribution < 1.29 is 19.1 Å². The average Bonchev–Trinajstić information content (AvgIpc) is 2.86. The first-order valence-corrected chi connectivity index (χ1v) is 11.5. The lowest BCUT2D eigenvalue weighted by atomic mass is 9.99. The molecule has 0 atom stereocenters. The highest BCUT2D eigenvalue weighted by atomic mass is 16.5. The van der Waals surface area contributed by atoms with Gasteiger partial charge in [0.1, 0.15) is 17.2 Å². The van der Waals surface area contributed by atoms with Gasteiger partial charge in [0.2, 0.25) is 0 Å². The number of fused-ring (bicyclic) bond motifs is 2. The number of carbonyl (C=O) groups is 2. The van der Waals surface area contributed by atoms with E-state index in [1.165, 1.54) is 16.6 Å². The largest absolute Gasteiger partial charge is 0.497 e. The van der Waals surface area contributed by atoms with Gasteiger partial charge in [-0.05, 0) is 62.2 Å². The molecule has 0 N–H and O–H groups in total. The lowest BCUT2D eigenvalue weighted by Crippen LogP contribution is -2.35. The second-order valence-corrected chi connectivity index (χ2v) is 8.09. The lowest BCUT2D eigenvalue weighted by Gasteiger charge is -2.32. The summed E-state index contributed by atoms with van der Waals surface area (Å²) in [7, 11) is 1.55. The van der Waals surface area contributed by atoms with Crippen molar-refractivity contribution in [2.45, 2.75) is 27.2 Å². The van der Waals surface area contributed by atoms with Crippen molar-refractivity contribution in [3.63, 3.8) is 0 Å². The molecule has 0 fully saturated rings. The van der Waals surface area contributed by atoms with Crippen LogP contribution in [0.1, 0.15) is 41.8 Å². The number of aromatic nitrogens is 2. The summed E-state index contributed by atoms with van der Waals surface area (Å²) in [4.78, 5) is 46.2. The van der Waals surface area contributed by atoms with Gasteiger partial charge < -0.3 is 14.4 Å². The molecule has 8 nitrogen and oxygen atoms in total. The molecular formula is C27H27N3O5. The Kier molecular flexibility index (Phi) is 6.82.